The minimum Gasteiger partial charge on any atom is -0.488 e. The van der Waals surface area contributed by atoms with Gasteiger partial charge in [0.2, 0.25) is 0 Å². The molecular weight excluding hydrogens is 498 g/mol. The van der Waals surface area contributed by atoms with Crippen LogP contribution in [-0.4, -0.2) is 64.1 Å². The molecule has 0 spiro atoms. The Balaban J connectivity index is 1.63. The molecule has 2 N–H and O–H groups in total. The molecule has 1 aliphatic rings. The third kappa shape index (κ3) is 6.49. The summed E-state index contributed by atoms with van der Waals surface area (Å²) in [6, 6.07) is 12.2. The summed E-state index contributed by atoms with van der Waals surface area (Å²) in [5.41, 5.74) is 3.24. The quantitative estimate of drug-likeness (QED) is 0.381. The van der Waals surface area contributed by atoms with Gasteiger partial charge in [-0.1, -0.05) is 0 Å². The predicted molar refractivity (Wildman–Crippen MR) is 137 cm³/mol. The van der Waals surface area contributed by atoms with E-state index in [9.17, 15) is 13.2 Å². The largest absolute Gasteiger partial charge is 0.488 e. The van der Waals surface area contributed by atoms with E-state index in [1.54, 1.807) is 19.2 Å². The van der Waals surface area contributed by atoms with Gasteiger partial charge in [-0.05, 0) is 49.4 Å². The van der Waals surface area contributed by atoms with E-state index in [2.05, 4.69) is 15.3 Å². The van der Waals surface area contributed by atoms with Crippen LogP contribution in [0.5, 0.6) is 17.2 Å². The fourth-order valence-corrected chi connectivity index (χ4v) is 4.44. The number of carbonyl (C=O) groups is 1. The van der Waals surface area contributed by atoms with Crippen molar-refractivity contribution in [2.45, 2.75) is 18.1 Å². The molecule has 0 saturated heterocycles. The van der Waals surface area contributed by atoms with Gasteiger partial charge in [0.05, 0.1) is 37.2 Å². The molecule has 0 fully saturated rings. The highest BCUT2D eigenvalue weighted by Gasteiger charge is 2.24. The summed E-state index contributed by atoms with van der Waals surface area (Å²) < 4.78 is 45.4. The highest BCUT2D eigenvalue weighted by molar-refractivity contribution is 7.90. The molecule has 0 unspecified atom stereocenters. The summed E-state index contributed by atoms with van der Waals surface area (Å²) in [6.07, 6.45) is 4.10. The lowest BCUT2D eigenvalue weighted by Crippen LogP contribution is -2.20. The molecule has 3 aromatic rings. The van der Waals surface area contributed by atoms with Gasteiger partial charge in [0.15, 0.2) is 14.9 Å². The van der Waals surface area contributed by atoms with E-state index in [1.807, 2.05) is 37.3 Å². The third-order valence-electron chi connectivity index (χ3n) is 5.61. The van der Waals surface area contributed by atoms with Gasteiger partial charge < -0.3 is 29.2 Å². The number of benzene rings is 1. The van der Waals surface area contributed by atoms with Gasteiger partial charge >= 0.3 is 5.97 Å². The SMILES string of the molecule is COC[C@H](C)Oc1cc(Oc2ccc(S(C)(=O)=O)nc2)cc(-c2ccc(C3=C[C@H](C(=O)OC)CN3)[nH]2)c1. The number of nitrogens with one attached hydrogen (secondary N) is 2. The normalized spacial score (nSPS) is 16.0. The number of carbonyl (C=O) groups excluding carboxylic acids is 1. The fourth-order valence-electron chi connectivity index (χ4n) is 3.89. The molecule has 0 aliphatic carbocycles. The van der Waals surface area contributed by atoms with E-state index in [4.69, 9.17) is 18.9 Å². The minimum absolute atomic E-state index is 0.0332. The maximum absolute atomic E-state index is 11.9. The average molecular weight is 528 g/mol. The number of aromatic amines is 1. The van der Waals surface area contributed by atoms with E-state index in [0.717, 1.165) is 28.9 Å². The summed E-state index contributed by atoms with van der Waals surface area (Å²) in [7, 11) is -0.433. The van der Waals surface area contributed by atoms with Crippen LogP contribution in [0.1, 0.15) is 12.6 Å². The molecule has 3 heterocycles. The molecule has 2 aromatic heterocycles. The Morgan fingerprint density at radius 3 is 2.51 bits per heavy atom. The van der Waals surface area contributed by atoms with Crippen molar-refractivity contribution in [3.63, 3.8) is 0 Å². The number of methoxy groups -OCH3 is 2. The highest BCUT2D eigenvalue weighted by atomic mass is 32.2. The summed E-state index contributed by atoms with van der Waals surface area (Å²) in [5.74, 6) is 0.796. The maximum Gasteiger partial charge on any atom is 0.314 e. The second-order valence-corrected chi connectivity index (χ2v) is 10.6. The molecule has 37 heavy (non-hydrogen) atoms. The van der Waals surface area contributed by atoms with E-state index >= 15 is 0 Å². The third-order valence-corrected chi connectivity index (χ3v) is 6.62. The summed E-state index contributed by atoms with van der Waals surface area (Å²) in [4.78, 5) is 19.2. The molecule has 1 aromatic carbocycles. The summed E-state index contributed by atoms with van der Waals surface area (Å²) >= 11 is 0. The average Bonchev–Trinajstić information content (AvgIpc) is 3.53. The molecule has 4 rings (SSSR count). The molecule has 11 heteroatoms. The highest BCUT2D eigenvalue weighted by Crippen LogP contribution is 2.33. The standard InChI is InChI=1S/C26H29N3O7S/c1-16(15-33-2)35-20-9-17(10-21(12-20)36-19-5-8-25(28-14-19)37(4,31)32)22-6-7-23(29-22)24-11-18(13-27-24)26(30)34-3/h5-12,14,16,18,27,29H,13,15H2,1-4H3/t16-,18-/m0/s1. The van der Waals surface area contributed by atoms with E-state index in [1.165, 1.54) is 19.4 Å². The van der Waals surface area contributed by atoms with Gasteiger partial charge in [0.25, 0.3) is 0 Å². The molecule has 10 nitrogen and oxygen atoms in total. The molecule has 0 bridgehead atoms. The molecule has 0 amide bonds. The smallest absolute Gasteiger partial charge is 0.314 e. The number of esters is 1. The van der Waals surface area contributed by atoms with Crippen LogP contribution in [0.15, 0.2) is 59.8 Å². The Bertz CT molecular complexity index is 1400. The first-order chi connectivity index (χ1) is 17.7. The lowest BCUT2D eigenvalue weighted by atomic mass is 10.1. The van der Waals surface area contributed by atoms with Gasteiger partial charge in [-0.2, -0.15) is 0 Å². The number of hydrogen-bond donors (Lipinski definition) is 2. The first-order valence-corrected chi connectivity index (χ1v) is 13.4. The molecule has 1 aliphatic heterocycles. The van der Waals surface area contributed by atoms with E-state index in [0.29, 0.717) is 30.4 Å². The number of hydrogen-bond acceptors (Lipinski definition) is 9. The number of ether oxygens (including phenoxy) is 4. The van der Waals surface area contributed by atoms with Gasteiger partial charge in [-0.15, -0.1) is 0 Å². The Morgan fingerprint density at radius 2 is 1.84 bits per heavy atom. The lowest BCUT2D eigenvalue weighted by Gasteiger charge is -2.16. The second kappa shape index (κ2) is 11.1. The molecule has 2 atom stereocenters. The summed E-state index contributed by atoms with van der Waals surface area (Å²) in [5, 5.41) is 3.20. The number of rotatable bonds is 10. The van der Waals surface area contributed by atoms with Crippen molar-refractivity contribution < 1.29 is 32.2 Å². The lowest BCUT2D eigenvalue weighted by molar-refractivity contribution is -0.143. The van der Waals surface area contributed by atoms with Gasteiger partial charge in [-0.25, -0.2) is 13.4 Å². The first kappa shape index (κ1) is 26.2. The van der Waals surface area contributed by atoms with Crippen LogP contribution in [0.3, 0.4) is 0 Å². The number of H-pyrrole nitrogens is 1. The van der Waals surface area contributed by atoms with Crippen LogP contribution < -0.4 is 14.8 Å². The predicted octanol–water partition coefficient (Wildman–Crippen LogP) is 3.42. The Kier molecular flexibility index (Phi) is 7.84. The molecule has 0 saturated carbocycles. The zero-order valence-electron chi connectivity index (χ0n) is 21.0. The fraction of sp³-hybridized carbons (Fsp3) is 0.308. The second-order valence-electron chi connectivity index (χ2n) is 8.66. The number of aromatic nitrogens is 2. The van der Waals surface area contributed by atoms with Crippen LogP contribution in [-0.2, 0) is 24.1 Å². The molecular formula is C26H29N3O7S. The zero-order valence-corrected chi connectivity index (χ0v) is 21.8. The van der Waals surface area contributed by atoms with E-state index in [-0.39, 0.29) is 23.0 Å². The summed E-state index contributed by atoms with van der Waals surface area (Å²) in [6.45, 7) is 2.78. The van der Waals surface area contributed by atoms with Gasteiger partial charge in [0.1, 0.15) is 23.4 Å². The van der Waals surface area contributed by atoms with Gasteiger partial charge in [-0.3, -0.25) is 4.79 Å². The van der Waals surface area contributed by atoms with Crippen molar-refractivity contribution in [1.29, 1.82) is 0 Å². The topological polar surface area (TPSA) is 129 Å². The zero-order chi connectivity index (χ0) is 26.6. The number of pyridine rings is 1. The Labute approximate surface area is 215 Å². The minimum atomic E-state index is -3.41. The van der Waals surface area contributed by atoms with Crippen molar-refractivity contribution in [3.05, 3.63) is 60.4 Å². The van der Waals surface area contributed by atoms with Crippen LogP contribution in [0, 0.1) is 5.92 Å². The van der Waals surface area contributed by atoms with Crippen molar-refractivity contribution >= 4 is 21.5 Å². The van der Waals surface area contributed by atoms with Crippen LogP contribution in [0.25, 0.3) is 17.0 Å². The first-order valence-electron chi connectivity index (χ1n) is 11.5. The van der Waals surface area contributed by atoms with Crippen LogP contribution >= 0.6 is 0 Å². The molecule has 196 valence electrons. The number of nitrogens with zero attached hydrogens (tertiary/aromatic N) is 1. The maximum atomic E-state index is 11.9. The Hall–Kier alpha value is -3.83. The van der Waals surface area contributed by atoms with Crippen molar-refractivity contribution in [1.82, 2.24) is 15.3 Å². The van der Waals surface area contributed by atoms with Crippen molar-refractivity contribution in [2.75, 3.05) is 33.6 Å². The monoisotopic (exact) mass is 527 g/mol. The van der Waals surface area contributed by atoms with Crippen LogP contribution in [0.4, 0.5) is 0 Å². The number of sulfone groups is 1. The molecule has 0 radical (unpaired) electrons. The van der Waals surface area contributed by atoms with Gasteiger partial charge in [0, 0.05) is 37.2 Å². The van der Waals surface area contributed by atoms with E-state index < -0.39 is 9.84 Å². The Morgan fingerprint density at radius 1 is 1.08 bits per heavy atom. The van der Waals surface area contributed by atoms with Crippen LogP contribution in [0.2, 0.25) is 0 Å². The van der Waals surface area contributed by atoms with Crippen molar-refractivity contribution in [2.24, 2.45) is 5.92 Å². The van der Waals surface area contributed by atoms with Crippen molar-refractivity contribution in [3.8, 4) is 28.5 Å².